The molecule has 0 saturated carbocycles. The Morgan fingerprint density at radius 1 is 1.33 bits per heavy atom. The quantitative estimate of drug-likeness (QED) is 0.713. The van der Waals surface area contributed by atoms with E-state index in [0.717, 1.165) is 12.1 Å². The van der Waals surface area contributed by atoms with Crippen LogP contribution in [0.5, 0.6) is 0 Å². The molecule has 0 radical (unpaired) electrons. The van der Waals surface area contributed by atoms with Gasteiger partial charge in [0, 0.05) is 6.54 Å². The van der Waals surface area contributed by atoms with Crippen molar-refractivity contribution < 1.29 is 8.78 Å². The maximum absolute atomic E-state index is 12.6. The van der Waals surface area contributed by atoms with E-state index in [-0.39, 0.29) is 6.54 Å². The zero-order chi connectivity index (χ0) is 9.14. The number of hydrogen-bond acceptors (Lipinski definition) is 1. The van der Waals surface area contributed by atoms with Crippen LogP contribution in [0.25, 0.3) is 0 Å². The van der Waals surface area contributed by atoms with Crippen molar-refractivity contribution in [3.8, 4) is 0 Å². The number of hydrogen-bond donors (Lipinski definition) is 1. The van der Waals surface area contributed by atoms with Crippen LogP contribution >= 0.6 is 11.6 Å². The van der Waals surface area contributed by atoms with E-state index in [4.69, 9.17) is 17.3 Å². The van der Waals surface area contributed by atoms with E-state index in [1.807, 2.05) is 0 Å². The summed E-state index contributed by atoms with van der Waals surface area (Å²) in [7, 11) is 0. The summed E-state index contributed by atoms with van der Waals surface area (Å²) < 4.78 is 25.0. The molecule has 0 amide bonds. The summed E-state index contributed by atoms with van der Waals surface area (Å²) in [5, 5.41) is -0.458. The van der Waals surface area contributed by atoms with E-state index in [9.17, 15) is 8.78 Å². The predicted octanol–water partition coefficient (Wildman–Crippen LogP) is 2.20. The monoisotopic (exact) mass is 191 g/mol. The molecule has 1 atom stereocenters. The first kappa shape index (κ1) is 9.42. The molecule has 66 valence electrons. The number of benzene rings is 1. The molecule has 1 rings (SSSR count). The Hall–Kier alpha value is -0.670. The van der Waals surface area contributed by atoms with Crippen molar-refractivity contribution in [2.75, 3.05) is 6.54 Å². The van der Waals surface area contributed by atoms with Crippen LogP contribution in [0, 0.1) is 11.6 Å². The molecular weight excluding hydrogens is 184 g/mol. The molecule has 0 fully saturated rings. The zero-order valence-electron chi connectivity index (χ0n) is 6.23. The van der Waals surface area contributed by atoms with Gasteiger partial charge in [0.2, 0.25) is 0 Å². The first-order valence-corrected chi connectivity index (χ1v) is 3.88. The highest BCUT2D eigenvalue weighted by molar-refractivity contribution is 6.20. The molecule has 0 heterocycles. The summed E-state index contributed by atoms with van der Waals surface area (Å²) in [6.07, 6.45) is 0. The molecule has 0 saturated heterocycles. The summed E-state index contributed by atoms with van der Waals surface area (Å²) in [6.45, 7) is 0.201. The first-order chi connectivity index (χ1) is 5.65. The molecule has 2 N–H and O–H groups in total. The SMILES string of the molecule is NCC(Cl)c1ccc(F)c(F)c1. The lowest BCUT2D eigenvalue weighted by Gasteiger charge is -2.06. The second-order valence-electron chi connectivity index (χ2n) is 2.38. The molecule has 1 aromatic carbocycles. The Balaban J connectivity index is 2.96. The van der Waals surface area contributed by atoms with Gasteiger partial charge in [0.15, 0.2) is 11.6 Å². The predicted molar refractivity (Wildman–Crippen MR) is 44.0 cm³/mol. The van der Waals surface area contributed by atoms with Crippen molar-refractivity contribution in [2.45, 2.75) is 5.38 Å². The normalized spacial score (nSPS) is 13.0. The molecule has 1 nitrogen and oxygen atoms in total. The van der Waals surface area contributed by atoms with Crippen molar-refractivity contribution in [2.24, 2.45) is 5.73 Å². The number of nitrogens with two attached hydrogens (primary N) is 1. The second kappa shape index (κ2) is 3.83. The minimum absolute atomic E-state index is 0.201. The molecule has 1 aromatic rings. The van der Waals surface area contributed by atoms with Crippen molar-refractivity contribution in [3.63, 3.8) is 0 Å². The Morgan fingerprint density at radius 2 is 2.00 bits per heavy atom. The maximum atomic E-state index is 12.6. The summed E-state index contributed by atoms with van der Waals surface area (Å²) in [5.74, 6) is -1.77. The van der Waals surface area contributed by atoms with E-state index in [2.05, 4.69) is 0 Å². The molecule has 4 heteroatoms. The smallest absolute Gasteiger partial charge is 0.159 e. The molecule has 0 aromatic heterocycles. The molecule has 0 spiro atoms. The van der Waals surface area contributed by atoms with Crippen LogP contribution in [-0.4, -0.2) is 6.54 Å². The van der Waals surface area contributed by atoms with Crippen LogP contribution in [0.1, 0.15) is 10.9 Å². The maximum Gasteiger partial charge on any atom is 0.159 e. The van der Waals surface area contributed by atoms with Gasteiger partial charge in [-0.3, -0.25) is 0 Å². The summed E-state index contributed by atoms with van der Waals surface area (Å²) in [5.41, 5.74) is 5.74. The van der Waals surface area contributed by atoms with Gasteiger partial charge in [-0.1, -0.05) is 6.07 Å². The fraction of sp³-hybridized carbons (Fsp3) is 0.250. The second-order valence-corrected chi connectivity index (χ2v) is 2.90. The zero-order valence-corrected chi connectivity index (χ0v) is 6.98. The van der Waals surface area contributed by atoms with Crippen LogP contribution in [0.4, 0.5) is 8.78 Å². The molecule has 12 heavy (non-hydrogen) atoms. The van der Waals surface area contributed by atoms with Crippen LogP contribution in [0.2, 0.25) is 0 Å². The third-order valence-corrected chi connectivity index (χ3v) is 1.94. The highest BCUT2D eigenvalue weighted by atomic mass is 35.5. The molecular formula is C8H8ClF2N. The third-order valence-electron chi connectivity index (χ3n) is 1.51. The van der Waals surface area contributed by atoms with Gasteiger partial charge in [-0.2, -0.15) is 0 Å². The van der Waals surface area contributed by atoms with E-state index in [1.165, 1.54) is 6.07 Å². The van der Waals surface area contributed by atoms with Crippen LogP contribution in [0.15, 0.2) is 18.2 Å². The Labute approximate surface area is 74.1 Å². The van der Waals surface area contributed by atoms with E-state index >= 15 is 0 Å². The van der Waals surface area contributed by atoms with Gasteiger partial charge in [0.1, 0.15) is 0 Å². The summed E-state index contributed by atoms with van der Waals surface area (Å²) >= 11 is 5.70. The average Bonchev–Trinajstić information content (AvgIpc) is 2.08. The lowest BCUT2D eigenvalue weighted by atomic mass is 10.1. The average molecular weight is 192 g/mol. The van der Waals surface area contributed by atoms with E-state index in [1.54, 1.807) is 0 Å². The van der Waals surface area contributed by atoms with E-state index < -0.39 is 17.0 Å². The lowest BCUT2D eigenvalue weighted by Crippen LogP contribution is -2.07. The standard InChI is InChI=1S/C8H8ClF2N/c9-6(4-12)5-1-2-7(10)8(11)3-5/h1-3,6H,4,12H2. The minimum Gasteiger partial charge on any atom is -0.329 e. The Kier molecular flexibility index (Phi) is 3.00. The molecule has 0 bridgehead atoms. The third kappa shape index (κ3) is 1.93. The Bertz CT molecular complexity index is 278. The van der Waals surface area contributed by atoms with Crippen LogP contribution in [0.3, 0.4) is 0 Å². The van der Waals surface area contributed by atoms with Gasteiger partial charge >= 0.3 is 0 Å². The van der Waals surface area contributed by atoms with Crippen LogP contribution < -0.4 is 5.73 Å². The molecule has 0 aliphatic heterocycles. The highest BCUT2D eigenvalue weighted by Crippen LogP contribution is 2.20. The number of halogens is 3. The van der Waals surface area contributed by atoms with Gasteiger partial charge in [-0.25, -0.2) is 8.78 Å². The summed E-state index contributed by atoms with van der Waals surface area (Å²) in [4.78, 5) is 0. The molecule has 0 aliphatic carbocycles. The van der Waals surface area contributed by atoms with Crippen molar-refractivity contribution in [1.82, 2.24) is 0 Å². The van der Waals surface area contributed by atoms with Crippen LogP contribution in [-0.2, 0) is 0 Å². The fourth-order valence-corrected chi connectivity index (χ4v) is 0.979. The van der Waals surface area contributed by atoms with E-state index in [0.29, 0.717) is 5.56 Å². The van der Waals surface area contributed by atoms with Gasteiger partial charge in [-0.05, 0) is 17.7 Å². The van der Waals surface area contributed by atoms with Gasteiger partial charge in [0.25, 0.3) is 0 Å². The topological polar surface area (TPSA) is 26.0 Å². The fourth-order valence-electron chi connectivity index (χ4n) is 0.843. The van der Waals surface area contributed by atoms with Gasteiger partial charge < -0.3 is 5.73 Å². The lowest BCUT2D eigenvalue weighted by molar-refractivity contribution is 0.507. The molecule has 1 unspecified atom stereocenters. The largest absolute Gasteiger partial charge is 0.329 e. The number of alkyl halides is 1. The molecule has 0 aliphatic rings. The van der Waals surface area contributed by atoms with Crippen molar-refractivity contribution >= 4 is 11.6 Å². The van der Waals surface area contributed by atoms with Crippen molar-refractivity contribution in [3.05, 3.63) is 35.4 Å². The summed E-state index contributed by atoms with van der Waals surface area (Å²) in [6, 6.07) is 3.51. The Morgan fingerprint density at radius 3 is 2.50 bits per heavy atom. The van der Waals surface area contributed by atoms with Crippen molar-refractivity contribution in [1.29, 1.82) is 0 Å². The first-order valence-electron chi connectivity index (χ1n) is 3.44. The van der Waals surface area contributed by atoms with Gasteiger partial charge in [0.05, 0.1) is 5.38 Å². The highest BCUT2D eigenvalue weighted by Gasteiger charge is 2.08. The number of rotatable bonds is 2. The van der Waals surface area contributed by atoms with Gasteiger partial charge in [-0.15, -0.1) is 11.6 Å². The minimum atomic E-state index is -0.897.